The second-order valence-corrected chi connectivity index (χ2v) is 7.21. The Balaban J connectivity index is 1.77. The summed E-state index contributed by atoms with van der Waals surface area (Å²) in [6.07, 6.45) is 6.72. The van der Waals surface area contributed by atoms with E-state index >= 15 is 0 Å². The number of rotatable bonds is 7. The molecule has 0 saturated heterocycles. The van der Waals surface area contributed by atoms with E-state index < -0.39 is 0 Å². The lowest BCUT2D eigenvalue weighted by Crippen LogP contribution is -1.99. The van der Waals surface area contributed by atoms with Crippen LogP contribution in [0, 0.1) is 11.8 Å². The number of benzene rings is 1. The van der Waals surface area contributed by atoms with Crippen molar-refractivity contribution in [3.8, 4) is 0 Å². The molecule has 1 heterocycles. The quantitative estimate of drug-likeness (QED) is 0.556. The van der Waals surface area contributed by atoms with Gasteiger partial charge < -0.3 is 0 Å². The zero-order valence-corrected chi connectivity index (χ0v) is 13.3. The van der Waals surface area contributed by atoms with Gasteiger partial charge in [-0.2, -0.15) is 0 Å². The van der Waals surface area contributed by atoms with E-state index in [9.17, 15) is 0 Å². The highest BCUT2D eigenvalue weighted by Gasteiger charge is 2.05. The normalized spacial score (nSPS) is 13.3. The lowest BCUT2D eigenvalue weighted by Gasteiger charge is -2.12. The summed E-state index contributed by atoms with van der Waals surface area (Å²) in [5.41, 5.74) is 1.51. The van der Waals surface area contributed by atoms with Crippen LogP contribution in [-0.2, 0) is 6.42 Å². The van der Waals surface area contributed by atoms with Gasteiger partial charge in [0.05, 0.1) is 0 Å². The molecule has 0 radical (unpaired) electrons. The van der Waals surface area contributed by atoms with Crippen molar-refractivity contribution in [2.24, 2.45) is 11.8 Å². The molecule has 1 aromatic heterocycles. The van der Waals surface area contributed by atoms with Gasteiger partial charge in [-0.3, -0.25) is 0 Å². The topological polar surface area (TPSA) is 0 Å². The molecular weight excluding hydrogens is 248 g/mol. The zero-order valence-electron chi connectivity index (χ0n) is 12.5. The van der Waals surface area contributed by atoms with Crippen LogP contribution in [0.1, 0.15) is 52.0 Å². The van der Waals surface area contributed by atoms with E-state index in [1.165, 1.54) is 47.8 Å². The third-order valence-corrected chi connectivity index (χ3v) is 4.80. The number of hydrogen-bond acceptors (Lipinski definition) is 1. The summed E-state index contributed by atoms with van der Waals surface area (Å²) in [5.74, 6) is 1.71. The molecule has 0 spiro atoms. The van der Waals surface area contributed by atoms with E-state index in [-0.39, 0.29) is 0 Å². The molecule has 1 unspecified atom stereocenters. The van der Waals surface area contributed by atoms with E-state index in [1.807, 2.05) is 11.3 Å². The predicted molar refractivity (Wildman–Crippen MR) is 88.0 cm³/mol. The molecular formula is C18H26S. The summed E-state index contributed by atoms with van der Waals surface area (Å²) in [6.45, 7) is 7.05. The highest BCUT2D eigenvalue weighted by Crippen LogP contribution is 2.24. The van der Waals surface area contributed by atoms with Crippen molar-refractivity contribution in [1.29, 1.82) is 0 Å². The van der Waals surface area contributed by atoms with Crippen LogP contribution >= 0.6 is 11.3 Å². The second-order valence-electron chi connectivity index (χ2n) is 6.26. The molecule has 1 atom stereocenters. The van der Waals surface area contributed by atoms with Gasteiger partial charge in [0.25, 0.3) is 0 Å². The lowest BCUT2D eigenvalue weighted by atomic mass is 9.94. The van der Waals surface area contributed by atoms with Crippen molar-refractivity contribution >= 4 is 21.4 Å². The Kier molecular flexibility index (Phi) is 5.45. The molecule has 0 N–H and O–H groups in total. The molecule has 0 bridgehead atoms. The molecule has 104 valence electrons. The van der Waals surface area contributed by atoms with E-state index in [0.717, 1.165) is 11.8 Å². The Morgan fingerprint density at radius 2 is 1.84 bits per heavy atom. The van der Waals surface area contributed by atoms with E-state index in [1.54, 1.807) is 0 Å². The molecule has 19 heavy (non-hydrogen) atoms. The molecule has 0 amide bonds. The highest BCUT2D eigenvalue weighted by molar-refractivity contribution is 7.17. The number of hydrogen-bond donors (Lipinski definition) is 0. The van der Waals surface area contributed by atoms with Gasteiger partial charge in [0, 0.05) is 4.70 Å². The van der Waals surface area contributed by atoms with Crippen molar-refractivity contribution in [1.82, 2.24) is 0 Å². The van der Waals surface area contributed by atoms with Crippen LogP contribution in [-0.4, -0.2) is 0 Å². The first kappa shape index (κ1) is 14.6. The predicted octanol–water partition coefficient (Wildman–Crippen LogP) is 6.30. The maximum absolute atomic E-state index is 2.41. The Bertz CT molecular complexity index is 495. The molecule has 2 aromatic rings. The minimum absolute atomic E-state index is 0.855. The number of aryl methyl sites for hydroxylation is 1. The molecule has 0 aliphatic heterocycles. The van der Waals surface area contributed by atoms with Gasteiger partial charge in [0.15, 0.2) is 0 Å². The van der Waals surface area contributed by atoms with Crippen LogP contribution in [0.25, 0.3) is 10.1 Å². The molecule has 0 aliphatic carbocycles. The van der Waals surface area contributed by atoms with Gasteiger partial charge in [-0.25, -0.2) is 0 Å². The summed E-state index contributed by atoms with van der Waals surface area (Å²) in [7, 11) is 0. The average Bonchev–Trinajstić information content (AvgIpc) is 2.83. The average molecular weight is 274 g/mol. The molecule has 0 aliphatic rings. The number of thiophene rings is 1. The van der Waals surface area contributed by atoms with Crippen molar-refractivity contribution < 1.29 is 0 Å². The molecule has 1 heteroatoms. The zero-order chi connectivity index (χ0) is 13.7. The van der Waals surface area contributed by atoms with E-state index in [4.69, 9.17) is 0 Å². The summed E-state index contributed by atoms with van der Waals surface area (Å²) in [5, 5.41) is 3.57. The third-order valence-electron chi connectivity index (χ3n) is 3.92. The van der Waals surface area contributed by atoms with Crippen LogP contribution in [0.2, 0.25) is 0 Å². The van der Waals surface area contributed by atoms with Crippen molar-refractivity contribution in [2.75, 3.05) is 0 Å². The third kappa shape index (κ3) is 4.65. The standard InChI is InChI=1S/C18H26S/c1-14(2)5-4-6-15(3)7-8-16-9-10-17-11-12-19-18(17)13-16/h9-15H,4-8H2,1-3H3. The Morgan fingerprint density at radius 1 is 1.00 bits per heavy atom. The van der Waals surface area contributed by atoms with Gasteiger partial charge >= 0.3 is 0 Å². The maximum atomic E-state index is 2.41. The van der Waals surface area contributed by atoms with Crippen LogP contribution in [0.3, 0.4) is 0 Å². The maximum Gasteiger partial charge on any atom is 0.0345 e. The first-order valence-electron chi connectivity index (χ1n) is 7.61. The summed E-state index contributed by atoms with van der Waals surface area (Å²) >= 11 is 1.85. The second kappa shape index (κ2) is 7.09. The van der Waals surface area contributed by atoms with Gasteiger partial charge in [-0.15, -0.1) is 11.3 Å². The highest BCUT2D eigenvalue weighted by atomic mass is 32.1. The molecule has 1 aromatic carbocycles. The number of fused-ring (bicyclic) bond motifs is 1. The summed E-state index contributed by atoms with van der Waals surface area (Å²) < 4.78 is 1.44. The molecule has 0 nitrogen and oxygen atoms in total. The molecule has 2 rings (SSSR count). The fraction of sp³-hybridized carbons (Fsp3) is 0.556. The first-order valence-corrected chi connectivity index (χ1v) is 8.49. The minimum Gasteiger partial charge on any atom is -0.144 e. The fourth-order valence-corrected chi connectivity index (χ4v) is 3.44. The van der Waals surface area contributed by atoms with Gasteiger partial charge in [-0.1, -0.05) is 52.2 Å². The lowest BCUT2D eigenvalue weighted by molar-refractivity contribution is 0.437. The molecule has 0 saturated carbocycles. The molecule has 0 fully saturated rings. The van der Waals surface area contributed by atoms with Gasteiger partial charge in [0.2, 0.25) is 0 Å². The minimum atomic E-state index is 0.855. The Labute approximate surface area is 121 Å². The van der Waals surface area contributed by atoms with Crippen molar-refractivity contribution in [3.05, 3.63) is 35.2 Å². The first-order chi connectivity index (χ1) is 9.15. The van der Waals surface area contributed by atoms with Crippen LogP contribution < -0.4 is 0 Å². The van der Waals surface area contributed by atoms with Crippen molar-refractivity contribution in [3.63, 3.8) is 0 Å². The summed E-state index contributed by atoms with van der Waals surface area (Å²) in [4.78, 5) is 0. The van der Waals surface area contributed by atoms with Crippen LogP contribution in [0.4, 0.5) is 0 Å². The van der Waals surface area contributed by atoms with Gasteiger partial charge in [0.1, 0.15) is 0 Å². The smallest absolute Gasteiger partial charge is 0.0345 e. The van der Waals surface area contributed by atoms with E-state index in [2.05, 4.69) is 50.4 Å². The van der Waals surface area contributed by atoms with Crippen molar-refractivity contribution in [2.45, 2.75) is 52.9 Å². The Hall–Kier alpha value is -0.820. The largest absolute Gasteiger partial charge is 0.144 e. The summed E-state index contributed by atoms with van der Waals surface area (Å²) in [6, 6.07) is 9.15. The van der Waals surface area contributed by atoms with Gasteiger partial charge in [-0.05, 0) is 53.1 Å². The van der Waals surface area contributed by atoms with Crippen LogP contribution in [0.5, 0.6) is 0 Å². The fourth-order valence-electron chi connectivity index (χ4n) is 2.59. The SMILES string of the molecule is CC(C)CCCC(C)CCc1ccc2ccsc2c1. The van der Waals surface area contributed by atoms with E-state index in [0.29, 0.717) is 0 Å². The monoisotopic (exact) mass is 274 g/mol. The Morgan fingerprint density at radius 3 is 2.63 bits per heavy atom. The van der Waals surface area contributed by atoms with Crippen LogP contribution in [0.15, 0.2) is 29.6 Å².